The summed E-state index contributed by atoms with van der Waals surface area (Å²) in [6.07, 6.45) is 3.69. The summed E-state index contributed by atoms with van der Waals surface area (Å²) in [7, 11) is 2.23. The van der Waals surface area contributed by atoms with Crippen molar-refractivity contribution >= 4 is 0 Å². The number of hydrogen-bond donors (Lipinski definition) is 1. The highest BCUT2D eigenvalue weighted by molar-refractivity contribution is 5.10. The molecule has 0 amide bonds. The Labute approximate surface area is 110 Å². The zero-order valence-corrected chi connectivity index (χ0v) is 11.9. The minimum atomic E-state index is 0.716. The molecular formula is C14H26N4. The molecule has 1 aliphatic rings. The van der Waals surface area contributed by atoms with Gasteiger partial charge in [-0.2, -0.15) is 5.10 Å². The molecule has 2 rings (SSSR count). The molecule has 102 valence electrons. The van der Waals surface area contributed by atoms with Gasteiger partial charge in [0.05, 0.1) is 11.4 Å². The molecular weight excluding hydrogens is 224 g/mol. The smallest absolute Gasteiger partial charge is 0.0625 e. The number of aryl methyl sites for hydroxylation is 2. The second kappa shape index (κ2) is 6.34. The number of likely N-dealkylation sites (N-methyl/N-ethyl adjacent to an activating group) is 1. The monoisotopic (exact) mass is 250 g/mol. The van der Waals surface area contributed by atoms with Gasteiger partial charge in [-0.15, -0.1) is 0 Å². The lowest BCUT2D eigenvalue weighted by molar-refractivity contribution is 0.299. The third kappa shape index (κ3) is 3.12. The minimum absolute atomic E-state index is 0.716. The van der Waals surface area contributed by atoms with Crippen molar-refractivity contribution < 1.29 is 0 Å². The number of aromatic nitrogens is 2. The molecule has 18 heavy (non-hydrogen) atoms. The van der Waals surface area contributed by atoms with Gasteiger partial charge in [-0.3, -0.25) is 4.68 Å². The van der Waals surface area contributed by atoms with Crippen LogP contribution in [-0.2, 0) is 19.5 Å². The van der Waals surface area contributed by atoms with Crippen LogP contribution in [0.15, 0.2) is 6.07 Å². The first-order valence-electron chi connectivity index (χ1n) is 7.21. The van der Waals surface area contributed by atoms with Crippen LogP contribution in [0.2, 0.25) is 0 Å². The summed E-state index contributed by atoms with van der Waals surface area (Å²) in [5, 5.41) is 8.16. The summed E-state index contributed by atoms with van der Waals surface area (Å²) in [4.78, 5) is 2.46. The van der Waals surface area contributed by atoms with E-state index in [1.165, 1.54) is 30.8 Å². The van der Waals surface area contributed by atoms with E-state index in [0.717, 1.165) is 26.1 Å². The van der Waals surface area contributed by atoms with E-state index in [1.807, 2.05) is 0 Å². The highest BCUT2D eigenvalue weighted by atomic mass is 15.3. The first kappa shape index (κ1) is 13.6. The molecule has 0 saturated carbocycles. The number of hydrogen-bond acceptors (Lipinski definition) is 3. The van der Waals surface area contributed by atoms with E-state index in [4.69, 9.17) is 0 Å². The molecule has 1 saturated heterocycles. The topological polar surface area (TPSA) is 33.1 Å². The lowest BCUT2D eigenvalue weighted by Gasteiger charge is -2.19. The molecule has 1 N–H and O–H groups in total. The van der Waals surface area contributed by atoms with Gasteiger partial charge in [-0.1, -0.05) is 6.92 Å². The molecule has 2 heterocycles. The Kier molecular flexibility index (Phi) is 4.78. The van der Waals surface area contributed by atoms with Crippen LogP contribution in [0.3, 0.4) is 0 Å². The van der Waals surface area contributed by atoms with Crippen molar-refractivity contribution in [1.82, 2.24) is 20.0 Å². The minimum Gasteiger partial charge on any atom is -0.310 e. The molecule has 0 aliphatic carbocycles. The van der Waals surface area contributed by atoms with Crippen molar-refractivity contribution in [3.8, 4) is 0 Å². The second-order valence-electron chi connectivity index (χ2n) is 5.20. The first-order chi connectivity index (χ1) is 8.74. The third-order valence-electron chi connectivity index (χ3n) is 3.93. The maximum atomic E-state index is 4.58. The number of likely N-dealkylation sites (tertiary alicyclic amines) is 1. The van der Waals surface area contributed by atoms with Crippen LogP contribution >= 0.6 is 0 Å². The van der Waals surface area contributed by atoms with Crippen LogP contribution in [-0.4, -0.2) is 40.9 Å². The van der Waals surface area contributed by atoms with Gasteiger partial charge in [-0.25, -0.2) is 0 Å². The summed E-state index contributed by atoms with van der Waals surface area (Å²) in [5.41, 5.74) is 2.52. The standard InChI is InChI=1S/C14H26N4/c1-4-12-9-14(18(5-2)16-12)11-15-10-13-7-6-8-17(13)3/h9,13,15H,4-8,10-11H2,1-3H3. The van der Waals surface area contributed by atoms with Crippen LogP contribution < -0.4 is 5.32 Å². The third-order valence-corrected chi connectivity index (χ3v) is 3.93. The fourth-order valence-corrected chi connectivity index (χ4v) is 2.71. The van der Waals surface area contributed by atoms with E-state index in [9.17, 15) is 0 Å². The Bertz CT molecular complexity index is 372. The summed E-state index contributed by atoms with van der Waals surface area (Å²) < 4.78 is 2.12. The van der Waals surface area contributed by atoms with Gasteiger partial charge in [0.2, 0.25) is 0 Å². The first-order valence-corrected chi connectivity index (χ1v) is 7.21. The number of nitrogens with zero attached hydrogens (tertiary/aromatic N) is 3. The van der Waals surface area contributed by atoms with E-state index in [0.29, 0.717) is 6.04 Å². The van der Waals surface area contributed by atoms with Gasteiger partial charge in [0.1, 0.15) is 0 Å². The fraction of sp³-hybridized carbons (Fsp3) is 0.786. The molecule has 0 aromatic carbocycles. The van der Waals surface area contributed by atoms with Gasteiger partial charge in [0.15, 0.2) is 0 Å². The lowest BCUT2D eigenvalue weighted by Crippen LogP contribution is -2.35. The predicted molar refractivity (Wildman–Crippen MR) is 74.6 cm³/mol. The molecule has 0 radical (unpaired) electrons. The summed E-state index contributed by atoms with van der Waals surface area (Å²) >= 11 is 0. The van der Waals surface area contributed by atoms with Crippen molar-refractivity contribution in [2.24, 2.45) is 0 Å². The molecule has 0 spiro atoms. The second-order valence-corrected chi connectivity index (χ2v) is 5.20. The molecule has 1 unspecified atom stereocenters. The maximum absolute atomic E-state index is 4.58. The Balaban J connectivity index is 1.83. The summed E-state index contributed by atoms with van der Waals surface area (Å²) in [6.45, 7) is 8.55. The van der Waals surface area contributed by atoms with Crippen LogP contribution in [0.1, 0.15) is 38.1 Å². The highest BCUT2D eigenvalue weighted by Gasteiger charge is 2.20. The van der Waals surface area contributed by atoms with Gasteiger partial charge in [0.25, 0.3) is 0 Å². The molecule has 0 bridgehead atoms. The molecule has 1 fully saturated rings. The molecule has 1 aliphatic heterocycles. The Morgan fingerprint density at radius 3 is 2.89 bits per heavy atom. The van der Waals surface area contributed by atoms with E-state index < -0.39 is 0 Å². The van der Waals surface area contributed by atoms with Gasteiger partial charge in [-0.05, 0) is 45.8 Å². The quantitative estimate of drug-likeness (QED) is 0.833. The lowest BCUT2D eigenvalue weighted by atomic mass is 10.2. The van der Waals surface area contributed by atoms with Crippen molar-refractivity contribution in [3.63, 3.8) is 0 Å². The average Bonchev–Trinajstić information content (AvgIpc) is 2.96. The van der Waals surface area contributed by atoms with E-state index in [1.54, 1.807) is 0 Å². The van der Waals surface area contributed by atoms with Crippen LogP contribution in [0.4, 0.5) is 0 Å². The normalized spacial score (nSPS) is 20.7. The van der Waals surface area contributed by atoms with Crippen LogP contribution in [0, 0.1) is 0 Å². The van der Waals surface area contributed by atoms with Crippen molar-refractivity contribution in [3.05, 3.63) is 17.5 Å². The average molecular weight is 250 g/mol. The van der Waals surface area contributed by atoms with E-state index in [-0.39, 0.29) is 0 Å². The summed E-state index contributed by atoms with van der Waals surface area (Å²) in [5.74, 6) is 0. The number of rotatable bonds is 6. The fourth-order valence-electron chi connectivity index (χ4n) is 2.71. The zero-order valence-electron chi connectivity index (χ0n) is 11.9. The molecule has 4 nitrogen and oxygen atoms in total. The SMILES string of the molecule is CCc1cc(CNCC2CCCN2C)n(CC)n1. The summed E-state index contributed by atoms with van der Waals surface area (Å²) in [6, 6.07) is 2.95. The van der Waals surface area contributed by atoms with Gasteiger partial charge in [0, 0.05) is 25.7 Å². The van der Waals surface area contributed by atoms with Gasteiger partial charge < -0.3 is 10.2 Å². The molecule has 4 heteroatoms. The zero-order chi connectivity index (χ0) is 13.0. The Morgan fingerprint density at radius 2 is 2.28 bits per heavy atom. The Hall–Kier alpha value is -0.870. The van der Waals surface area contributed by atoms with Gasteiger partial charge >= 0.3 is 0 Å². The van der Waals surface area contributed by atoms with Crippen molar-refractivity contribution in [2.75, 3.05) is 20.1 Å². The van der Waals surface area contributed by atoms with Crippen LogP contribution in [0.25, 0.3) is 0 Å². The van der Waals surface area contributed by atoms with Crippen molar-refractivity contribution in [2.45, 2.75) is 52.2 Å². The Morgan fingerprint density at radius 1 is 1.44 bits per heavy atom. The van der Waals surface area contributed by atoms with Crippen LogP contribution in [0.5, 0.6) is 0 Å². The largest absolute Gasteiger partial charge is 0.310 e. The number of nitrogens with one attached hydrogen (secondary N) is 1. The molecule has 1 aromatic heterocycles. The van der Waals surface area contributed by atoms with E-state index in [2.05, 4.69) is 47.0 Å². The highest BCUT2D eigenvalue weighted by Crippen LogP contribution is 2.13. The molecule has 1 aromatic rings. The van der Waals surface area contributed by atoms with E-state index >= 15 is 0 Å². The van der Waals surface area contributed by atoms with Crippen molar-refractivity contribution in [1.29, 1.82) is 0 Å². The molecule has 1 atom stereocenters. The predicted octanol–water partition coefficient (Wildman–Crippen LogP) is 1.65. The maximum Gasteiger partial charge on any atom is 0.0625 e.